The molecule has 1 aliphatic heterocycles. The molecule has 5 rings (SSSR count). The Morgan fingerprint density at radius 2 is 2.13 bits per heavy atom. The lowest BCUT2D eigenvalue weighted by atomic mass is 10.00. The van der Waals surface area contributed by atoms with Gasteiger partial charge in [-0.1, -0.05) is 22.5 Å². The van der Waals surface area contributed by atoms with E-state index in [0.29, 0.717) is 41.8 Å². The van der Waals surface area contributed by atoms with Crippen molar-refractivity contribution in [2.45, 2.75) is 26.3 Å². The van der Waals surface area contributed by atoms with Crippen molar-refractivity contribution in [1.82, 2.24) is 35.3 Å². The Hall–Kier alpha value is -3.46. The number of hydrogen-bond donors (Lipinski definition) is 1. The van der Waals surface area contributed by atoms with E-state index < -0.39 is 0 Å². The summed E-state index contributed by atoms with van der Waals surface area (Å²) in [5.41, 5.74) is 4.53. The van der Waals surface area contributed by atoms with E-state index in [2.05, 4.69) is 36.8 Å². The maximum Gasteiger partial charge on any atom is 0.221 e. The third kappa shape index (κ3) is 4.36. The van der Waals surface area contributed by atoms with Crippen LogP contribution in [0.5, 0.6) is 0 Å². The topological polar surface area (TPSA) is 103 Å². The molecule has 31 heavy (non-hydrogen) atoms. The van der Waals surface area contributed by atoms with E-state index in [1.165, 1.54) is 0 Å². The molecule has 0 unspecified atom stereocenters. The minimum atomic E-state index is 0.509. The van der Waals surface area contributed by atoms with Crippen molar-refractivity contribution in [1.29, 1.82) is 0 Å². The Morgan fingerprint density at radius 1 is 1.23 bits per heavy atom. The minimum Gasteiger partial charge on any atom is -0.395 e. The van der Waals surface area contributed by atoms with Crippen LogP contribution in [0.15, 0.2) is 47.9 Å². The van der Waals surface area contributed by atoms with Gasteiger partial charge in [0.2, 0.25) is 5.65 Å². The van der Waals surface area contributed by atoms with Crippen molar-refractivity contribution in [3.05, 3.63) is 54.0 Å². The smallest absolute Gasteiger partial charge is 0.221 e. The molecule has 0 saturated carbocycles. The van der Waals surface area contributed by atoms with Gasteiger partial charge in [-0.3, -0.25) is 4.98 Å². The summed E-state index contributed by atoms with van der Waals surface area (Å²) in [5, 5.41) is 17.1. The molecule has 0 bridgehead atoms. The molecule has 1 aromatic carbocycles. The Morgan fingerprint density at radius 3 is 3.03 bits per heavy atom. The number of rotatable bonds is 6. The van der Waals surface area contributed by atoms with Crippen LogP contribution in [0.25, 0.3) is 22.2 Å². The van der Waals surface area contributed by atoms with E-state index in [9.17, 15) is 0 Å². The van der Waals surface area contributed by atoms with Gasteiger partial charge in [0.1, 0.15) is 18.0 Å². The van der Waals surface area contributed by atoms with Crippen LogP contribution in [0.2, 0.25) is 0 Å². The SMILES string of the molecule is C/C(=N/OCC1CCNCC1)c1cnc2nnn(Cc3ccc4ncccc4c3)c2n1. The molecule has 3 aromatic heterocycles. The predicted octanol–water partition coefficient (Wildman–Crippen LogP) is 2.56. The van der Waals surface area contributed by atoms with E-state index in [1.807, 2.05) is 31.2 Å². The summed E-state index contributed by atoms with van der Waals surface area (Å²) >= 11 is 0. The Labute approximate surface area is 179 Å². The Bertz CT molecular complexity index is 1230. The fourth-order valence-electron chi connectivity index (χ4n) is 3.77. The predicted molar refractivity (Wildman–Crippen MR) is 118 cm³/mol. The van der Waals surface area contributed by atoms with Crippen LogP contribution in [0.4, 0.5) is 0 Å². The average Bonchev–Trinajstić information content (AvgIpc) is 3.21. The van der Waals surface area contributed by atoms with Gasteiger partial charge in [-0.05, 0) is 62.5 Å². The molecule has 9 heteroatoms. The molecule has 9 nitrogen and oxygen atoms in total. The third-order valence-corrected chi connectivity index (χ3v) is 5.57. The standard InChI is InChI=1S/C22H24N8O/c1-15(28-31-14-16-6-9-23-10-7-16)20-12-25-21-22(26-20)30(29-27-21)13-17-4-5-19-18(11-17)3-2-8-24-19/h2-5,8,11-12,16,23H,6-7,9-10,13-14H2,1H3/b28-15-. The molecule has 0 spiro atoms. The molecule has 4 aromatic rings. The number of nitrogens with zero attached hydrogens (tertiary/aromatic N) is 7. The second kappa shape index (κ2) is 8.73. The average molecular weight is 416 g/mol. The highest BCUT2D eigenvalue weighted by Crippen LogP contribution is 2.16. The van der Waals surface area contributed by atoms with E-state index in [1.54, 1.807) is 17.1 Å². The molecule has 0 atom stereocenters. The molecular formula is C22H24N8O. The molecule has 1 aliphatic rings. The number of nitrogens with one attached hydrogen (secondary N) is 1. The number of benzene rings is 1. The molecule has 158 valence electrons. The molecule has 0 amide bonds. The first kappa shape index (κ1) is 19.5. The summed E-state index contributed by atoms with van der Waals surface area (Å²) in [4.78, 5) is 19.1. The van der Waals surface area contributed by atoms with Gasteiger partial charge in [-0.2, -0.15) is 0 Å². The quantitative estimate of drug-likeness (QED) is 0.381. The van der Waals surface area contributed by atoms with Crippen LogP contribution in [0.1, 0.15) is 31.0 Å². The van der Waals surface area contributed by atoms with Gasteiger partial charge < -0.3 is 10.2 Å². The summed E-state index contributed by atoms with van der Waals surface area (Å²) in [5.74, 6) is 0.550. The molecule has 0 aliphatic carbocycles. The van der Waals surface area contributed by atoms with Crippen LogP contribution in [0.3, 0.4) is 0 Å². The first-order valence-corrected chi connectivity index (χ1v) is 10.5. The van der Waals surface area contributed by atoms with Crippen LogP contribution in [0, 0.1) is 5.92 Å². The third-order valence-electron chi connectivity index (χ3n) is 5.57. The first-order valence-electron chi connectivity index (χ1n) is 10.5. The second-order valence-electron chi connectivity index (χ2n) is 7.85. The second-order valence-corrected chi connectivity index (χ2v) is 7.85. The minimum absolute atomic E-state index is 0.509. The molecular weight excluding hydrogens is 392 g/mol. The zero-order valence-corrected chi connectivity index (χ0v) is 17.4. The molecule has 1 N–H and O–H groups in total. The number of oxime groups is 1. The Balaban J connectivity index is 1.34. The van der Waals surface area contributed by atoms with Crippen molar-refractivity contribution >= 4 is 27.9 Å². The van der Waals surface area contributed by atoms with E-state index >= 15 is 0 Å². The van der Waals surface area contributed by atoms with Gasteiger partial charge in [-0.15, -0.1) is 5.10 Å². The van der Waals surface area contributed by atoms with Gasteiger partial charge >= 0.3 is 0 Å². The van der Waals surface area contributed by atoms with Gasteiger partial charge in [0, 0.05) is 11.6 Å². The number of aromatic nitrogens is 6. The van der Waals surface area contributed by atoms with E-state index in [-0.39, 0.29) is 0 Å². The van der Waals surface area contributed by atoms with Crippen LogP contribution in [-0.4, -0.2) is 55.4 Å². The van der Waals surface area contributed by atoms with Crippen LogP contribution in [-0.2, 0) is 11.4 Å². The summed E-state index contributed by atoms with van der Waals surface area (Å²) in [6.07, 6.45) is 5.70. The number of fused-ring (bicyclic) bond motifs is 2. The number of pyridine rings is 1. The van der Waals surface area contributed by atoms with Gasteiger partial charge in [0.15, 0.2) is 5.65 Å². The maximum atomic E-state index is 5.60. The molecule has 4 heterocycles. The zero-order chi connectivity index (χ0) is 21.0. The fraction of sp³-hybridized carbons (Fsp3) is 0.364. The lowest BCUT2D eigenvalue weighted by Gasteiger charge is -2.21. The molecule has 1 fully saturated rings. The number of piperidine rings is 1. The van der Waals surface area contributed by atoms with Crippen molar-refractivity contribution in [3.8, 4) is 0 Å². The highest BCUT2D eigenvalue weighted by atomic mass is 16.6. The van der Waals surface area contributed by atoms with Crippen molar-refractivity contribution in [2.75, 3.05) is 19.7 Å². The summed E-state index contributed by atoms with van der Waals surface area (Å²) in [6.45, 7) is 5.14. The summed E-state index contributed by atoms with van der Waals surface area (Å²) < 4.78 is 1.76. The first-order chi connectivity index (χ1) is 15.3. The lowest BCUT2D eigenvalue weighted by Crippen LogP contribution is -2.29. The van der Waals surface area contributed by atoms with Crippen molar-refractivity contribution in [2.24, 2.45) is 11.1 Å². The van der Waals surface area contributed by atoms with Gasteiger partial charge in [-0.25, -0.2) is 14.6 Å². The highest BCUT2D eigenvalue weighted by Gasteiger charge is 2.14. The van der Waals surface area contributed by atoms with E-state index in [4.69, 9.17) is 9.82 Å². The largest absolute Gasteiger partial charge is 0.395 e. The van der Waals surface area contributed by atoms with Crippen molar-refractivity contribution in [3.63, 3.8) is 0 Å². The van der Waals surface area contributed by atoms with Gasteiger partial charge in [0.05, 0.1) is 18.3 Å². The zero-order valence-electron chi connectivity index (χ0n) is 17.4. The maximum absolute atomic E-state index is 5.60. The summed E-state index contributed by atoms with van der Waals surface area (Å²) in [6, 6.07) is 10.1. The monoisotopic (exact) mass is 416 g/mol. The van der Waals surface area contributed by atoms with Crippen molar-refractivity contribution < 1.29 is 4.84 Å². The lowest BCUT2D eigenvalue weighted by molar-refractivity contribution is 0.0944. The molecule has 1 saturated heterocycles. The van der Waals surface area contributed by atoms with E-state index in [0.717, 1.165) is 42.4 Å². The van der Waals surface area contributed by atoms with Crippen LogP contribution < -0.4 is 5.32 Å². The normalized spacial score (nSPS) is 15.6. The number of hydrogen-bond acceptors (Lipinski definition) is 8. The van der Waals surface area contributed by atoms with Gasteiger partial charge in [0.25, 0.3) is 0 Å². The fourth-order valence-corrected chi connectivity index (χ4v) is 3.77. The summed E-state index contributed by atoms with van der Waals surface area (Å²) in [7, 11) is 0. The van der Waals surface area contributed by atoms with Crippen LogP contribution >= 0.6 is 0 Å². The highest BCUT2D eigenvalue weighted by molar-refractivity contribution is 5.97. The molecule has 0 radical (unpaired) electrons. The Kier molecular flexibility index (Phi) is 5.49.